The highest BCUT2D eigenvalue weighted by Gasteiger charge is 2.18. The smallest absolute Gasteiger partial charge is 0.251 e. The predicted molar refractivity (Wildman–Crippen MR) is 128 cm³/mol. The van der Waals surface area contributed by atoms with Crippen molar-refractivity contribution in [3.63, 3.8) is 0 Å². The van der Waals surface area contributed by atoms with E-state index in [2.05, 4.69) is 20.9 Å². The Morgan fingerprint density at radius 2 is 1.83 bits per heavy atom. The SMILES string of the molecule is CCNC(=NCc1cccc(C(=O)NC(C)(C)C)c1)NCC(=O)N1CCCC1.I. The minimum absolute atomic E-state index is 0. The first-order valence-electron chi connectivity index (χ1n) is 10.00. The number of hydrogen-bond acceptors (Lipinski definition) is 3. The van der Waals surface area contributed by atoms with Crippen molar-refractivity contribution in [1.82, 2.24) is 20.9 Å². The molecule has 1 heterocycles. The molecule has 3 N–H and O–H groups in total. The van der Waals surface area contributed by atoms with Gasteiger partial charge in [0.2, 0.25) is 5.91 Å². The Hall–Kier alpha value is -1.84. The van der Waals surface area contributed by atoms with Crippen LogP contribution in [0.2, 0.25) is 0 Å². The number of rotatable bonds is 6. The van der Waals surface area contributed by atoms with E-state index in [1.54, 1.807) is 6.07 Å². The summed E-state index contributed by atoms with van der Waals surface area (Å²) in [6.45, 7) is 10.9. The lowest BCUT2D eigenvalue weighted by atomic mass is 10.1. The molecular formula is C21H34IN5O2. The maximum Gasteiger partial charge on any atom is 0.251 e. The molecule has 1 aromatic rings. The molecule has 0 spiro atoms. The zero-order valence-corrected chi connectivity index (χ0v) is 20.2. The first kappa shape index (κ1) is 25.2. The second kappa shape index (κ2) is 12.0. The molecule has 1 fully saturated rings. The van der Waals surface area contributed by atoms with Gasteiger partial charge >= 0.3 is 0 Å². The molecule has 0 saturated carbocycles. The summed E-state index contributed by atoms with van der Waals surface area (Å²) in [5, 5.41) is 9.23. The molecule has 29 heavy (non-hydrogen) atoms. The number of nitrogens with zero attached hydrogens (tertiary/aromatic N) is 2. The molecule has 1 aromatic carbocycles. The van der Waals surface area contributed by atoms with Gasteiger partial charge in [0.25, 0.3) is 5.91 Å². The van der Waals surface area contributed by atoms with E-state index in [1.807, 2.05) is 50.8 Å². The van der Waals surface area contributed by atoms with E-state index < -0.39 is 0 Å². The first-order valence-corrected chi connectivity index (χ1v) is 10.00. The lowest BCUT2D eigenvalue weighted by Crippen LogP contribution is -2.44. The van der Waals surface area contributed by atoms with E-state index in [-0.39, 0.29) is 47.9 Å². The number of carbonyl (C=O) groups is 2. The monoisotopic (exact) mass is 515 g/mol. The van der Waals surface area contributed by atoms with Crippen LogP contribution in [0, 0.1) is 0 Å². The quantitative estimate of drug-likeness (QED) is 0.309. The standard InChI is InChI=1S/C21H33N5O2.HI/c1-5-22-20(24-15-18(27)26-11-6-7-12-26)23-14-16-9-8-10-17(13-16)19(28)25-21(2,3)4;/h8-10,13H,5-7,11-12,14-15H2,1-4H3,(H,25,28)(H2,22,23,24);1H. The highest BCUT2D eigenvalue weighted by atomic mass is 127. The number of carbonyl (C=O) groups excluding carboxylic acids is 2. The molecule has 7 nitrogen and oxygen atoms in total. The van der Waals surface area contributed by atoms with Gasteiger partial charge in [-0.2, -0.15) is 0 Å². The van der Waals surface area contributed by atoms with Crippen LogP contribution in [-0.2, 0) is 11.3 Å². The van der Waals surface area contributed by atoms with Crippen molar-refractivity contribution in [2.24, 2.45) is 4.99 Å². The number of nitrogens with one attached hydrogen (secondary N) is 3. The van der Waals surface area contributed by atoms with Gasteiger partial charge in [0.15, 0.2) is 5.96 Å². The third-order valence-corrected chi connectivity index (χ3v) is 4.31. The summed E-state index contributed by atoms with van der Waals surface area (Å²) >= 11 is 0. The summed E-state index contributed by atoms with van der Waals surface area (Å²) < 4.78 is 0. The van der Waals surface area contributed by atoms with Crippen LogP contribution in [0.1, 0.15) is 56.5 Å². The Balaban J connectivity index is 0.00000420. The Morgan fingerprint density at radius 1 is 1.14 bits per heavy atom. The largest absolute Gasteiger partial charge is 0.357 e. The lowest BCUT2D eigenvalue weighted by molar-refractivity contribution is -0.128. The number of benzene rings is 1. The van der Waals surface area contributed by atoms with Crippen molar-refractivity contribution >= 4 is 41.8 Å². The highest BCUT2D eigenvalue weighted by molar-refractivity contribution is 14.0. The van der Waals surface area contributed by atoms with Crippen LogP contribution < -0.4 is 16.0 Å². The number of likely N-dealkylation sites (tertiary alicyclic amines) is 1. The summed E-state index contributed by atoms with van der Waals surface area (Å²) in [5.74, 6) is 0.600. The minimum atomic E-state index is -0.282. The fraction of sp³-hybridized carbons (Fsp3) is 0.571. The van der Waals surface area contributed by atoms with Gasteiger partial charge in [-0.3, -0.25) is 9.59 Å². The van der Waals surface area contributed by atoms with E-state index in [9.17, 15) is 9.59 Å². The van der Waals surface area contributed by atoms with Crippen LogP contribution in [0.4, 0.5) is 0 Å². The van der Waals surface area contributed by atoms with Crippen molar-refractivity contribution in [2.45, 2.75) is 52.6 Å². The van der Waals surface area contributed by atoms with Crippen molar-refractivity contribution in [1.29, 1.82) is 0 Å². The molecule has 2 amide bonds. The molecule has 0 aliphatic carbocycles. The van der Waals surface area contributed by atoms with Gasteiger partial charge in [0.05, 0.1) is 13.1 Å². The fourth-order valence-corrected chi connectivity index (χ4v) is 2.97. The Kier molecular flexibility index (Phi) is 10.4. The number of guanidine groups is 1. The number of hydrogen-bond donors (Lipinski definition) is 3. The Morgan fingerprint density at radius 3 is 2.45 bits per heavy atom. The average Bonchev–Trinajstić information content (AvgIpc) is 3.17. The number of halogens is 1. The third-order valence-electron chi connectivity index (χ3n) is 4.31. The molecule has 0 atom stereocenters. The van der Waals surface area contributed by atoms with Crippen molar-refractivity contribution in [2.75, 3.05) is 26.2 Å². The fourth-order valence-electron chi connectivity index (χ4n) is 2.97. The molecule has 0 aromatic heterocycles. The minimum Gasteiger partial charge on any atom is -0.357 e. The van der Waals surface area contributed by atoms with Crippen LogP contribution in [0.3, 0.4) is 0 Å². The maximum absolute atomic E-state index is 12.3. The molecule has 1 saturated heterocycles. The summed E-state index contributed by atoms with van der Waals surface area (Å²) in [6.07, 6.45) is 2.16. The van der Waals surface area contributed by atoms with Gasteiger partial charge in [-0.25, -0.2) is 4.99 Å². The van der Waals surface area contributed by atoms with Crippen LogP contribution in [0.15, 0.2) is 29.3 Å². The average molecular weight is 515 g/mol. The van der Waals surface area contributed by atoms with Crippen LogP contribution in [0.25, 0.3) is 0 Å². The molecule has 1 aliphatic rings. The van der Waals surface area contributed by atoms with E-state index in [4.69, 9.17) is 0 Å². The third kappa shape index (κ3) is 9.01. The molecule has 0 bridgehead atoms. The summed E-state index contributed by atoms with van der Waals surface area (Å²) in [5.41, 5.74) is 1.27. The van der Waals surface area contributed by atoms with Gasteiger partial charge in [0.1, 0.15) is 0 Å². The van der Waals surface area contributed by atoms with E-state index in [0.717, 1.165) is 31.5 Å². The molecule has 8 heteroatoms. The topological polar surface area (TPSA) is 85.8 Å². The van der Waals surface area contributed by atoms with Crippen LogP contribution >= 0.6 is 24.0 Å². The Bertz CT molecular complexity index is 709. The second-order valence-corrected chi connectivity index (χ2v) is 8.04. The first-order chi connectivity index (χ1) is 13.3. The van der Waals surface area contributed by atoms with E-state index in [1.165, 1.54) is 0 Å². The number of aliphatic imine (C=N–C) groups is 1. The highest BCUT2D eigenvalue weighted by Crippen LogP contribution is 2.09. The molecule has 162 valence electrons. The van der Waals surface area contributed by atoms with Crippen LogP contribution in [-0.4, -0.2) is 54.4 Å². The van der Waals surface area contributed by atoms with Gasteiger partial charge < -0.3 is 20.9 Å². The molecule has 0 radical (unpaired) electrons. The second-order valence-electron chi connectivity index (χ2n) is 8.04. The van der Waals surface area contributed by atoms with Gasteiger partial charge in [-0.1, -0.05) is 12.1 Å². The summed E-state index contributed by atoms with van der Waals surface area (Å²) in [4.78, 5) is 31.0. The predicted octanol–water partition coefficient (Wildman–Crippen LogP) is 2.51. The van der Waals surface area contributed by atoms with Crippen LogP contribution in [0.5, 0.6) is 0 Å². The van der Waals surface area contributed by atoms with E-state index in [0.29, 0.717) is 24.6 Å². The van der Waals surface area contributed by atoms with Gasteiger partial charge in [-0.15, -0.1) is 24.0 Å². The molecule has 1 aliphatic heterocycles. The molecular weight excluding hydrogens is 481 g/mol. The van der Waals surface area contributed by atoms with Crippen molar-refractivity contribution in [3.8, 4) is 0 Å². The maximum atomic E-state index is 12.3. The van der Waals surface area contributed by atoms with Crippen molar-refractivity contribution in [3.05, 3.63) is 35.4 Å². The summed E-state index contributed by atoms with van der Waals surface area (Å²) in [6, 6.07) is 7.45. The molecule has 0 unspecified atom stereocenters. The zero-order chi connectivity index (χ0) is 20.6. The molecule has 2 rings (SSSR count). The van der Waals surface area contributed by atoms with E-state index >= 15 is 0 Å². The summed E-state index contributed by atoms with van der Waals surface area (Å²) in [7, 11) is 0. The lowest BCUT2D eigenvalue weighted by Gasteiger charge is -2.20. The Labute approximate surface area is 191 Å². The van der Waals surface area contributed by atoms with Crippen molar-refractivity contribution < 1.29 is 9.59 Å². The zero-order valence-electron chi connectivity index (χ0n) is 17.9. The van der Waals surface area contributed by atoms with Gasteiger partial charge in [0, 0.05) is 30.7 Å². The number of amides is 2. The van der Waals surface area contributed by atoms with Gasteiger partial charge in [-0.05, 0) is 58.2 Å². The normalized spacial score (nSPS) is 14.2.